The molecular formula is C18H17BrN4. The number of anilines is 2. The summed E-state index contributed by atoms with van der Waals surface area (Å²) in [5.41, 5.74) is 2.16. The van der Waals surface area contributed by atoms with Crippen LogP contribution >= 0.6 is 15.9 Å². The Kier molecular flexibility index (Phi) is 3.87. The fourth-order valence-corrected chi connectivity index (χ4v) is 3.47. The Hall–Kier alpha value is -2.14. The lowest BCUT2D eigenvalue weighted by molar-refractivity contribution is 0.806. The van der Waals surface area contributed by atoms with Gasteiger partial charge in [0, 0.05) is 34.7 Å². The third-order valence-corrected chi connectivity index (χ3v) is 4.70. The normalized spacial score (nSPS) is 17.6. The van der Waals surface area contributed by atoms with Gasteiger partial charge in [-0.05, 0) is 36.8 Å². The number of para-hydroxylation sites is 1. The number of fused-ring (bicyclic) bond motifs is 1. The van der Waals surface area contributed by atoms with Crippen LogP contribution in [0, 0.1) is 0 Å². The minimum atomic E-state index is 0.439. The molecule has 0 aliphatic carbocycles. The SMILES string of the molecule is Brc1ccc2ncnc(N3CCC(Nc4ccccc4)C3)c2c1. The van der Waals surface area contributed by atoms with Crippen LogP contribution in [-0.2, 0) is 0 Å². The first-order valence-electron chi connectivity index (χ1n) is 7.76. The minimum Gasteiger partial charge on any atom is -0.380 e. The van der Waals surface area contributed by atoms with Gasteiger partial charge >= 0.3 is 0 Å². The van der Waals surface area contributed by atoms with Gasteiger partial charge in [-0.2, -0.15) is 0 Å². The molecule has 1 N–H and O–H groups in total. The van der Waals surface area contributed by atoms with Gasteiger partial charge in [-0.3, -0.25) is 0 Å². The molecular weight excluding hydrogens is 352 g/mol. The number of hydrogen-bond donors (Lipinski definition) is 1. The molecule has 0 spiro atoms. The van der Waals surface area contributed by atoms with E-state index in [1.807, 2.05) is 18.2 Å². The standard InChI is InChI=1S/C18H17BrN4/c19-13-6-7-17-16(10-13)18(21-12-20-17)23-9-8-15(11-23)22-14-4-2-1-3-5-14/h1-7,10,12,15,22H,8-9,11H2. The number of benzene rings is 2. The molecule has 0 amide bonds. The monoisotopic (exact) mass is 368 g/mol. The van der Waals surface area contributed by atoms with Gasteiger partial charge in [-0.15, -0.1) is 0 Å². The summed E-state index contributed by atoms with van der Waals surface area (Å²) < 4.78 is 1.05. The van der Waals surface area contributed by atoms with Crippen LogP contribution in [0.15, 0.2) is 59.3 Å². The van der Waals surface area contributed by atoms with Crippen LogP contribution in [0.3, 0.4) is 0 Å². The van der Waals surface area contributed by atoms with Crippen LogP contribution in [0.1, 0.15) is 6.42 Å². The highest BCUT2D eigenvalue weighted by molar-refractivity contribution is 9.10. The third-order valence-electron chi connectivity index (χ3n) is 4.21. The van der Waals surface area contributed by atoms with E-state index in [2.05, 4.69) is 66.4 Å². The summed E-state index contributed by atoms with van der Waals surface area (Å²) in [6.45, 7) is 1.96. The molecule has 23 heavy (non-hydrogen) atoms. The molecule has 3 aromatic rings. The average Bonchev–Trinajstić information content (AvgIpc) is 3.03. The van der Waals surface area contributed by atoms with Crippen LogP contribution < -0.4 is 10.2 Å². The van der Waals surface area contributed by atoms with Gasteiger partial charge in [0.2, 0.25) is 0 Å². The Morgan fingerprint density at radius 2 is 1.96 bits per heavy atom. The van der Waals surface area contributed by atoms with Crippen molar-refractivity contribution in [3.05, 3.63) is 59.3 Å². The van der Waals surface area contributed by atoms with Gasteiger partial charge < -0.3 is 10.2 Å². The first kappa shape index (κ1) is 14.5. The fourth-order valence-electron chi connectivity index (χ4n) is 3.11. The second-order valence-electron chi connectivity index (χ2n) is 5.80. The van der Waals surface area contributed by atoms with Crippen molar-refractivity contribution in [3.63, 3.8) is 0 Å². The van der Waals surface area contributed by atoms with Crippen LogP contribution in [0.25, 0.3) is 10.9 Å². The predicted molar refractivity (Wildman–Crippen MR) is 97.9 cm³/mol. The van der Waals surface area contributed by atoms with E-state index in [1.165, 1.54) is 5.69 Å². The minimum absolute atomic E-state index is 0.439. The zero-order valence-corrected chi connectivity index (χ0v) is 14.2. The van der Waals surface area contributed by atoms with Crippen molar-refractivity contribution in [2.24, 2.45) is 0 Å². The largest absolute Gasteiger partial charge is 0.380 e. The highest BCUT2D eigenvalue weighted by Crippen LogP contribution is 2.29. The van der Waals surface area contributed by atoms with E-state index in [-0.39, 0.29) is 0 Å². The predicted octanol–water partition coefficient (Wildman–Crippen LogP) is 4.08. The summed E-state index contributed by atoms with van der Waals surface area (Å²) in [7, 11) is 0. The van der Waals surface area contributed by atoms with E-state index in [0.29, 0.717) is 6.04 Å². The Balaban J connectivity index is 1.57. The van der Waals surface area contributed by atoms with Crippen molar-refractivity contribution in [1.82, 2.24) is 9.97 Å². The quantitative estimate of drug-likeness (QED) is 0.755. The van der Waals surface area contributed by atoms with Crippen LogP contribution in [0.2, 0.25) is 0 Å². The number of aromatic nitrogens is 2. The summed E-state index contributed by atoms with van der Waals surface area (Å²) in [6, 6.07) is 17.0. The second-order valence-corrected chi connectivity index (χ2v) is 6.72. The first-order chi connectivity index (χ1) is 11.3. The molecule has 0 saturated carbocycles. The number of rotatable bonds is 3. The van der Waals surface area contributed by atoms with E-state index >= 15 is 0 Å². The highest BCUT2D eigenvalue weighted by Gasteiger charge is 2.24. The van der Waals surface area contributed by atoms with E-state index in [1.54, 1.807) is 6.33 Å². The molecule has 1 aromatic heterocycles. The second kappa shape index (κ2) is 6.16. The summed E-state index contributed by atoms with van der Waals surface area (Å²) in [5.74, 6) is 1.02. The van der Waals surface area contributed by atoms with E-state index in [0.717, 1.165) is 40.7 Å². The molecule has 1 fully saturated rings. The van der Waals surface area contributed by atoms with E-state index in [9.17, 15) is 0 Å². The molecule has 0 radical (unpaired) electrons. The molecule has 5 heteroatoms. The van der Waals surface area contributed by atoms with Crippen LogP contribution in [0.4, 0.5) is 11.5 Å². The van der Waals surface area contributed by atoms with Gasteiger partial charge in [0.05, 0.1) is 5.52 Å². The summed E-state index contributed by atoms with van der Waals surface area (Å²) >= 11 is 3.54. The maximum Gasteiger partial charge on any atom is 0.139 e. The molecule has 1 saturated heterocycles. The maximum absolute atomic E-state index is 4.54. The van der Waals surface area contributed by atoms with E-state index in [4.69, 9.17) is 0 Å². The van der Waals surface area contributed by atoms with Crippen molar-refractivity contribution < 1.29 is 0 Å². The number of halogens is 1. The molecule has 4 rings (SSSR count). The smallest absolute Gasteiger partial charge is 0.139 e. The van der Waals surface area contributed by atoms with Crippen LogP contribution in [-0.4, -0.2) is 29.1 Å². The summed E-state index contributed by atoms with van der Waals surface area (Å²) in [6.07, 6.45) is 2.76. The molecule has 1 aliphatic heterocycles. The number of nitrogens with zero attached hydrogens (tertiary/aromatic N) is 3. The van der Waals surface area contributed by atoms with Crippen molar-refractivity contribution in [2.75, 3.05) is 23.3 Å². The average molecular weight is 369 g/mol. The van der Waals surface area contributed by atoms with Crippen molar-refractivity contribution in [2.45, 2.75) is 12.5 Å². The summed E-state index contributed by atoms with van der Waals surface area (Å²) in [4.78, 5) is 11.2. The molecule has 1 aliphatic rings. The molecule has 1 atom stereocenters. The zero-order valence-electron chi connectivity index (χ0n) is 12.6. The lowest BCUT2D eigenvalue weighted by atomic mass is 10.2. The van der Waals surface area contributed by atoms with Gasteiger partial charge in [0.25, 0.3) is 0 Å². The van der Waals surface area contributed by atoms with Crippen molar-refractivity contribution >= 4 is 38.3 Å². The summed E-state index contributed by atoms with van der Waals surface area (Å²) in [5, 5.41) is 4.70. The highest BCUT2D eigenvalue weighted by atomic mass is 79.9. The third kappa shape index (κ3) is 3.01. The molecule has 4 nitrogen and oxygen atoms in total. The Morgan fingerprint density at radius 1 is 1.09 bits per heavy atom. The zero-order chi connectivity index (χ0) is 15.6. The number of nitrogens with one attached hydrogen (secondary N) is 1. The topological polar surface area (TPSA) is 41.1 Å². The molecule has 1 unspecified atom stereocenters. The molecule has 2 aromatic carbocycles. The van der Waals surface area contributed by atoms with Gasteiger partial charge in [-0.1, -0.05) is 34.1 Å². The molecule has 116 valence electrons. The van der Waals surface area contributed by atoms with Crippen LogP contribution in [0.5, 0.6) is 0 Å². The lowest BCUT2D eigenvalue weighted by Crippen LogP contribution is -2.26. The molecule has 0 bridgehead atoms. The van der Waals surface area contributed by atoms with Gasteiger partial charge in [0.1, 0.15) is 12.1 Å². The Bertz CT molecular complexity index is 822. The van der Waals surface area contributed by atoms with E-state index < -0.39 is 0 Å². The fraction of sp³-hybridized carbons (Fsp3) is 0.222. The maximum atomic E-state index is 4.54. The Labute approximate surface area is 143 Å². The Morgan fingerprint density at radius 3 is 2.83 bits per heavy atom. The first-order valence-corrected chi connectivity index (χ1v) is 8.56. The van der Waals surface area contributed by atoms with Gasteiger partial charge in [0.15, 0.2) is 0 Å². The number of hydrogen-bond acceptors (Lipinski definition) is 4. The van der Waals surface area contributed by atoms with Crippen molar-refractivity contribution in [3.8, 4) is 0 Å². The van der Waals surface area contributed by atoms with Gasteiger partial charge in [-0.25, -0.2) is 9.97 Å². The molecule has 2 heterocycles. The lowest BCUT2D eigenvalue weighted by Gasteiger charge is -2.20. The van der Waals surface area contributed by atoms with Crippen molar-refractivity contribution in [1.29, 1.82) is 0 Å².